The van der Waals surface area contributed by atoms with Crippen molar-refractivity contribution in [2.45, 2.75) is 53.2 Å². The topological polar surface area (TPSA) is 74.8 Å². The van der Waals surface area contributed by atoms with E-state index in [9.17, 15) is 4.79 Å². The summed E-state index contributed by atoms with van der Waals surface area (Å²) in [6.07, 6.45) is 1.46. The lowest BCUT2D eigenvalue weighted by atomic mass is 9.89. The minimum absolute atomic E-state index is 0. The van der Waals surface area contributed by atoms with Gasteiger partial charge in [-0.1, -0.05) is 39.8 Å². The molecule has 0 bridgehead atoms. The zero-order valence-electron chi connectivity index (χ0n) is 17.4. The highest BCUT2D eigenvalue weighted by molar-refractivity contribution is 14.0. The van der Waals surface area contributed by atoms with Crippen LogP contribution in [0.1, 0.15) is 46.1 Å². The first-order valence-corrected chi connectivity index (χ1v) is 9.16. The molecule has 0 aliphatic rings. The minimum Gasteiger partial charge on any atom is -0.379 e. The fourth-order valence-electron chi connectivity index (χ4n) is 2.55. The fourth-order valence-corrected chi connectivity index (χ4v) is 2.55. The molecule has 1 rings (SSSR count). The van der Waals surface area contributed by atoms with Gasteiger partial charge in [0.2, 0.25) is 5.91 Å². The lowest BCUT2D eigenvalue weighted by Gasteiger charge is -2.30. The number of nitrogens with zero attached hydrogens (tertiary/aromatic N) is 1. The van der Waals surface area contributed by atoms with Gasteiger partial charge < -0.3 is 20.7 Å². The highest BCUT2D eigenvalue weighted by Crippen LogP contribution is 2.20. The standard InChI is InChI=1S/C20H34N4O2.HI/c1-7-9-18(25)24-16-11-8-10-15(12-16)13-22-19(21-5)23-14-17(26-6)20(2,3)4;/h8,10-12,17H,7,9,13-14H2,1-6H3,(H,24,25)(H2,21,22,23);1H. The van der Waals surface area contributed by atoms with Gasteiger partial charge in [-0.05, 0) is 29.5 Å². The molecule has 0 spiro atoms. The van der Waals surface area contributed by atoms with Crippen molar-refractivity contribution in [3.8, 4) is 0 Å². The maximum absolute atomic E-state index is 11.7. The van der Waals surface area contributed by atoms with Gasteiger partial charge in [0, 0.05) is 39.4 Å². The second-order valence-electron chi connectivity index (χ2n) is 7.40. The molecule has 1 atom stereocenters. The molecule has 0 fully saturated rings. The molecule has 1 aromatic rings. The van der Waals surface area contributed by atoms with Crippen LogP contribution in [0.4, 0.5) is 5.69 Å². The maximum atomic E-state index is 11.7. The van der Waals surface area contributed by atoms with Crippen molar-refractivity contribution in [3.05, 3.63) is 29.8 Å². The zero-order chi connectivity index (χ0) is 19.6. The van der Waals surface area contributed by atoms with E-state index >= 15 is 0 Å². The molecule has 0 aromatic heterocycles. The summed E-state index contributed by atoms with van der Waals surface area (Å²) in [5.74, 6) is 0.764. The van der Waals surface area contributed by atoms with Crippen LogP contribution in [-0.2, 0) is 16.1 Å². The Morgan fingerprint density at radius 2 is 1.96 bits per heavy atom. The summed E-state index contributed by atoms with van der Waals surface area (Å²) < 4.78 is 5.56. The van der Waals surface area contributed by atoms with E-state index in [4.69, 9.17) is 4.74 Å². The van der Waals surface area contributed by atoms with Crippen LogP contribution in [0, 0.1) is 5.41 Å². The third-order valence-corrected chi connectivity index (χ3v) is 4.08. The van der Waals surface area contributed by atoms with E-state index in [1.54, 1.807) is 14.2 Å². The van der Waals surface area contributed by atoms with Crippen LogP contribution in [0.15, 0.2) is 29.3 Å². The van der Waals surface area contributed by atoms with Crippen molar-refractivity contribution >= 4 is 41.5 Å². The van der Waals surface area contributed by atoms with Crippen molar-refractivity contribution in [2.75, 3.05) is 26.0 Å². The number of hydrogen-bond acceptors (Lipinski definition) is 3. The number of rotatable bonds is 8. The number of amides is 1. The highest BCUT2D eigenvalue weighted by atomic mass is 127. The van der Waals surface area contributed by atoms with E-state index < -0.39 is 0 Å². The second-order valence-corrected chi connectivity index (χ2v) is 7.40. The molecule has 0 saturated heterocycles. The first-order valence-electron chi connectivity index (χ1n) is 9.16. The van der Waals surface area contributed by atoms with Crippen LogP contribution in [0.2, 0.25) is 0 Å². The van der Waals surface area contributed by atoms with Gasteiger partial charge in [0.05, 0.1) is 6.10 Å². The number of nitrogens with one attached hydrogen (secondary N) is 3. The van der Waals surface area contributed by atoms with E-state index in [-0.39, 0.29) is 41.4 Å². The van der Waals surface area contributed by atoms with Crippen molar-refractivity contribution in [1.82, 2.24) is 10.6 Å². The highest BCUT2D eigenvalue weighted by Gasteiger charge is 2.24. The van der Waals surface area contributed by atoms with Crippen LogP contribution >= 0.6 is 24.0 Å². The van der Waals surface area contributed by atoms with Crippen LogP contribution in [-0.4, -0.2) is 38.7 Å². The molecule has 27 heavy (non-hydrogen) atoms. The number of carbonyl (C=O) groups excluding carboxylic acids is 1. The molecule has 0 saturated carbocycles. The van der Waals surface area contributed by atoms with Gasteiger partial charge in [-0.2, -0.15) is 0 Å². The molecule has 6 nitrogen and oxygen atoms in total. The van der Waals surface area contributed by atoms with E-state index in [1.165, 1.54) is 0 Å². The molecule has 154 valence electrons. The van der Waals surface area contributed by atoms with Gasteiger partial charge in [-0.25, -0.2) is 0 Å². The summed E-state index contributed by atoms with van der Waals surface area (Å²) in [6, 6.07) is 7.83. The van der Waals surface area contributed by atoms with Gasteiger partial charge in [0.1, 0.15) is 0 Å². The Morgan fingerprint density at radius 1 is 1.26 bits per heavy atom. The number of hydrogen-bond donors (Lipinski definition) is 3. The number of methoxy groups -OCH3 is 1. The van der Waals surface area contributed by atoms with Crippen LogP contribution in [0.5, 0.6) is 0 Å². The Hall–Kier alpha value is -1.35. The molecule has 0 heterocycles. The molecule has 7 heteroatoms. The van der Waals surface area contributed by atoms with Crippen molar-refractivity contribution in [3.63, 3.8) is 0 Å². The summed E-state index contributed by atoms with van der Waals surface area (Å²) in [6.45, 7) is 9.73. The molecule has 0 aliphatic heterocycles. The summed E-state index contributed by atoms with van der Waals surface area (Å²) in [7, 11) is 3.47. The number of benzene rings is 1. The Bertz CT molecular complexity index is 600. The van der Waals surface area contributed by atoms with Gasteiger partial charge in [-0.3, -0.25) is 9.79 Å². The van der Waals surface area contributed by atoms with Gasteiger partial charge in [0.15, 0.2) is 5.96 Å². The summed E-state index contributed by atoms with van der Waals surface area (Å²) >= 11 is 0. The SMILES string of the molecule is CCCC(=O)Nc1cccc(CNC(=NC)NCC(OC)C(C)(C)C)c1.I. The summed E-state index contributed by atoms with van der Waals surface area (Å²) in [4.78, 5) is 16.0. The molecule has 0 radical (unpaired) electrons. The predicted octanol–water partition coefficient (Wildman–Crippen LogP) is 3.77. The molecule has 1 amide bonds. The number of carbonyl (C=O) groups is 1. The lowest BCUT2D eigenvalue weighted by molar-refractivity contribution is -0.116. The molecular formula is C20H35IN4O2. The van der Waals surface area contributed by atoms with Gasteiger partial charge >= 0.3 is 0 Å². The second kappa shape index (κ2) is 12.9. The average Bonchev–Trinajstić information content (AvgIpc) is 2.57. The fraction of sp³-hybridized carbons (Fsp3) is 0.600. The summed E-state index contributed by atoms with van der Waals surface area (Å²) in [5.41, 5.74) is 1.94. The normalized spacial score (nSPS) is 12.7. The molecule has 1 unspecified atom stereocenters. The predicted molar refractivity (Wildman–Crippen MR) is 124 cm³/mol. The van der Waals surface area contributed by atoms with Crippen LogP contribution in [0.25, 0.3) is 0 Å². The number of guanidine groups is 1. The van der Waals surface area contributed by atoms with E-state index in [0.29, 0.717) is 19.5 Å². The number of ether oxygens (including phenoxy) is 1. The largest absolute Gasteiger partial charge is 0.379 e. The van der Waals surface area contributed by atoms with Gasteiger partial charge in [0.25, 0.3) is 0 Å². The lowest BCUT2D eigenvalue weighted by Crippen LogP contribution is -2.45. The van der Waals surface area contributed by atoms with Gasteiger partial charge in [-0.15, -0.1) is 24.0 Å². The number of aliphatic imine (C=N–C) groups is 1. The van der Waals surface area contributed by atoms with Crippen LogP contribution < -0.4 is 16.0 Å². The zero-order valence-corrected chi connectivity index (χ0v) is 19.7. The Balaban J connectivity index is 0.00000676. The third-order valence-electron chi connectivity index (χ3n) is 4.08. The Kier molecular flexibility index (Phi) is 12.3. The molecule has 0 aliphatic carbocycles. The third kappa shape index (κ3) is 9.95. The number of halogens is 1. The number of anilines is 1. The molecule has 1 aromatic carbocycles. The molecular weight excluding hydrogens is 455 g/mol. The molecule has 3 N–H and O–H groups in total. The average molecular weight is 490 g/mol. The minimum atomic E-state index is 0. The Morgan fingerprint density at radius 3 is 2.52 bits per heavy atom. The van der Waals surface area contributed by atoms with Crippen molar-refractivity contribution in [2.24, 2.45) is 10.4 Å². The first-order chi connectivity index (χ1) is 12.3. The monoisotopic (exact) mass is 490 g/mol. The van der Waals surface area contributed by atoms with Crippen molar-refractivity contribution in [1.29, 1.82) is 0 Å². The van der Waals surface area contributed by atoms with Crippen LogP contribution in [0.3, 0.4) is 0 Å². The first kappa shape index (κ1) is 25.6. The smallest absolute Gasteiger partial charge is 0.224 e. The maximum Gasteiger partial charge on any atom is 0.224 e. The van der Waals surface area contributed by atoms with E-state index in [0.717, 1.165) is 23.6 Å². The van der Waals surface area contributed by atoms with Crippen molar-refractivity contribution < 1.29 is 9.53 Å². The summed E-state index contributed by atoms with van der Waals surface area (Å²) in [5, 5.41) is 9.52. The Labute approximate surface area is 181 Å². The van der Waals surface area contributed by atoms with E-state index in [2.05, 4.69) is 41.7 Å². The quantitative estimate of drug-likeness (QED) is 0.295. The van der Waals surface area contributed by atoms with E-state index in [1.807, 2.05) is 31.2 Å².